The van der Waals surface area contributed by atoms with Gasteiger partial charge in [-0.2, -0.15) is 0 Å². The zero-order valence-electron chi connectivity index (χ0n) is 10.8. The van der Waals surface area contributed by atoms with Crippen LogP contribution in [-0.4, -0.2) is 12.7 Å². The molecule has 3 unspecified atom stereocenters. The van der Waals surface area contributed by atoms with Gasteiger partial charge in [-0.15, -0.1) is 0 Å². The lowest BCUT2D eigenvalue weighted by Gasteiger charge is -2.32. The SMILES string of the molecule is CCCC(C)C1CCCC(OCC)C1.N. The van der Waals surface area contributed by atoms with E-state index in [9.17, 15) is 0 Å². The largest absolute Gasteiger partial charge is 0.378 e. The van der Waals surface area contributed by atoms with Gasteiger partial charge in [-0.1, -0.05) is 39.5 Å². The molecule has 3 atom stereocenters. The van der Waals surface area contributed by atoms with E-state index in [1.165, 1.54) is 38.5 Å². The average Bonchev–Trinajstić information content (AvgIpc) is 2.19. The van der Waals surface area contributed by atoms with Crippen molar-refractivity contribution in [2.75, 3.05) is 6.61 Å². The first-order chi connectivity index (χ1) is 6.77. The molecule has 1 saturated carbocycles. The minimum Gasteiger partial charge on any atom is -0.378 e. The van der Waals surface area contributed by atoms with E-state index in [0.29, 0.717) is 6.10 Å². The topological polar surface area (TPSA) is 44.2 Å². The van der Waals surface area contributed by atoms with Crippen molar-refractivity contribution in [2.45, 2.75) is 65.4 Å². The van der Waals surface area contributed by atoms with Gasteiger partial charge in [0.05, 0.1) is 6.10 Å². The van der Waals surface area contributed by atoms with Gasteiger partial charge >= 0.3 is 0 Å². The van der Waals surface area contributed by atoms with E-state index in [1.807, 2.05) is 0 Å². The highest BCUT2D eigenvalue weighted by Gasteiger charge is 2.25. The van der Waals surface area contributed by atoms with E-state index in [1.54, 1.807) is 0 Å². The molecule has 1 rings (SSSR count). The molecule has 1 aliphatic rings. The predicted molar refractivity (Wildman–Crippen MR) is 66.5 cm³/mol. The second-order valence-electron chi connectivity index (χ2n) is 4.77. The summed E-state index contributed by atoms with van der Waals surface area (Å²) in [6.45, 7) is 7.71. The van der Waals surface area contributed by atoms with Crippen LogP contribution in [0.5, 0.6) is 0 Å². The monoisotopic (exact) mass is 215 g/mol. The molecule has 0 saturated heterocycles. The molecule has 0 amide bonds. The second kappa shape index (κ2) is 8.12. The quantitative estimate of drug-likeness (QED) is 0.747. The van der Waals surface area contributed by atoms with Crippen molar-refractivity contribution in [3.05, 3.63) is 0 Å². The lowest BCUT2D eigenvalue weighted by atomic mass is 9.78. The second-order valence-corrected chi connectivity index (χ2v) is 4.77. The molecule has 15 heavy (non-hydrogen) atoms. The molecule has 0 bridgehead atoms. The summed E-state index contributed by atoms with van der Waals surface area (Å²) in [5.74, 6) is 1.84. The Morgan fingerprint density at radius 3 is 2.60 bits per heavy atom. The van der Waals surface area contributed by atoms with Crippen LogP contribution in [0.1, 0.15) is 59.3 Å². The maximum atomic E-state index is 5.74. The summed E-state index contributed by atoms with van der Waals surface area (Å²) < 4.78 is 5.74. The van der Waals surface area contributed by atoms with E-state index in [-0.39, 0.29) is 6.15 Å². The summed E-state index contributed by atoms with van der Waals surface area (Å²) in [4.78, 5) is 0. The molecule has 0 aromatic rings. The van der Waals surface area contributed by atoms with Crippen LogP contribution in [-0.2, 0) is 4.74 Å². The van der Waals surface area contributed by atoms with Crippen LogP contribution in [0.4, 0.5) is 0 Å². The van der Waals surface area contributed by atoms with Crippen LogP contribution >= 0.6 is 0 Å². The Morgan fingerprint density at radius 2 is 2.00 bits per heavy atom. The first-order valence-corrected chi connectivity index (χ1v) is 6.39. The number of hydrogen-bond donors (Lipinski definition) is 1. The number of hydrogen-bond acceptors (Lipinski definition) is 2. The van der Waals surface area contributed by atoms with E-state index >= 15 is 0 Å². The third-order valence-corrected chi connectivity index (χ3v) is 3.62. The molecule has 1 fully saturated rings. The fraction of sp³-hybridized carbons (Fsp3) is 1.00. The van der Waals surface area contributed by atoms with Gasteiger partial charge in [0.25, 0.3) is 0 Å². The summed E-state index contributed by atoms with van der Waals surface area (Å²) in [6.07, 6.45) is 8.71. The molecule has 0 heterocycles. The predicted octanol–water partition coefficient (Wildman–Crippen LogP) is 4.18. The molecular formula is C13H29NO. The van der Waals surface area contributed by atoms with Crippen molar-refractivity contribution < 1.29 is 4.74 Å². The summed E-state index contributed by atoms with van der Waals surface area (Å²) >= 11 is 0. The van der Waals surface area contributed by atoms with Crippen LogP contribution in [0.25, 0.3) is 0 Å². The molecule has 0 spiro atoms. The normalized spacial score (nSPS) is 28.2. The van der Waals surface area contributed by atoms with E-state index in [0.717, 1.165) is 18.4 Å². The Kier molecular flexibility index (Phi) is 8.07. The van der Waals surface area contributed by atoms with Crippen molar-refractivity contribution in [1.82, 2.24) is 6.15 Å². The number of ether oxygens (including phenoxy) is 1. The Hall–Kier alpha value is -0.0800. The maximum absolute atomic E-state index is 5.74. The van der Waals surface area contributed by atoms with Crippen LogP contribution < -0.4 is 6.15 Å². The molecule has 2 heteroatoms. The Balaban J connectivity index is 0.00000196. The van der Waals surface area contributed by atoms with Gasteiger partial charge in [0, 0.05) is 6.61 Å². The highest BCUT2D eigenvalue weighted by atomic mass is 16.5. The van der Waals surface area contributed by atoms with Crippen molar-refractivity contribution in [3.8, 4) is 0 Å². The van der Waals surface area contributed by atoms with E-state index in [4.69, 9.17) is 4.74 Å². The molecule has 0 aromatic heterocycles. The third-order valence-electron chi connectivity index (χ3n) is 3.62. The van der Waals surface area contributed by atoms with Crippen molar-refractivity contribution in [3.63, 3.8) is 0 Å². The van der Waals surface area contributed by atoms with E-state index < -0.39 is 0 Å². The number of rotatable bonds is 5. The maximum Gasteiger partial charge on any atom is 0.0577 e. The average molecular weight is 215 g/mol. The zero-order chi connectivity index (χ0) is 10.4. The van der Waals surface area contributed by atoms with Gasteiger partial charge < -0.3 is 10.9 Å². The molecule has 3 N–H and O–H groups in total. The van der Waals surface area contributed by atoms with Crippen molar-refractivity contribution >= 4 is 0 Å². The first kappa shape index (κ1) is 14.9. The standard InChI is InChI=1S/C13H26O.H3N/c1-4-7-11(3)12-8-6-9-13(10-12)14-5-2;/h11-13H,4-10H2,1-3H3;1H3. The molecular weight excluding hydrogens is 186 g/mol. The minimum atomic E-state index is 0. The van der Waals surface area contributed by atoms with Crippen LogP contribution in [0.15, 0.2) is 0 Å². The Labute approximate surface area is 95.4 Å². The van der Waals surface area contributed by atoms with Gasteiger partial charge in [-0.05, 0) is 31.6 Å². The Morgan fingerprint density at radius 1 is 1.27 bits per heavy atom. The van der Waals surface area contributed by atoms with Crippen LogP contribution in [0.2, 0.25) is 0 Å². The highest BCUT2D eigenvalue weighted by molar-refractivity contribution is 4.76. The molecule has 0 aliphatic heterocycles. The van der Waals surface area contributed by atoms with E-state index in [2.05, 4.69) is 20.8 Å². The van der Waals surface area contributed by atoms with Gasteiger partial charge in [-0.25, -0.2) is 0 Å². The van der Waals surface area contributed by atoms with Crippen LogP contribution in [0.3, 0.4) is 0 Å². The van der Waals surface area contributed by atoms with Gasteiger partial charge in [-0.3, -0.25) is 0 Å². The summed E-state index contributed by atoms with van der Waals surface area (Å²) in [5.41, 5.74) is 0. The smallest absolute Gasteiger partial charge is 0.0577 e. The van der Waals surface area contributed by atoms with Crippen LogP contribution in [0, 0.1) is 11.8 Å². The molecule has 1 aliphatic carbocycles. The van der Waals surface area contributed by atoms with Crippen molar-refractivity contribution in [1.29, 1.82) is 0 Å². The fourth-order valence-corrected chi connectivity index (χ4v) is 2.78. The molecule has 0 radical (unpaired) electrons. The Bertz CT molecular complexity index is 143. The lowest BCUT2D eigenvalue weighted by molar-refractivity contribution is 0.0106. The molecule has 2 nitrogen and oxygen atoms in total. The fourth-order valence-electron chi connectivity index (χ4n) is 2.78. The zero-order valence-corrected chi connectivity index (χ0v) is 10.8. The molecule has 0 aromatic carbocycles. The first-order valence-electron chi connectivity index (χ1n) is 6.39. The van der Waals surface area contributed by atoms with Gasteiger partial charge in [0.2, 0.25) is 0 Å². The summed E-state index contributed by atoms with van der Waals surface area (Å²) in [6, 6.07) is 0. The summed E-state index contributed by atoms with van der Waals surface area (Å²) in [5, 5.41) is 0. The van der Waals surface area contributed by atoms with Gasteiger partial charge in [0.15, 0.2) is 0 Å². The summed E-state index contributed by atoms with van der Waals surface area (Å²) in [7, 11) is 0. The third kappa shape index (κ3) is 4.98. The highest BCUT2D eigenvalue weighted by Crippen LogP contribution is 2.33. The lowest BCUT2D eigenvalue weighted by Crippen LogP contribution is -2.26. The molecule has 92 valence electrons. The minimum absolute atomic E-state index is 0. The van der Waals surface area contributed by atoms with Crippen molar-refractivity contribution in [2.24, 2.45) is 11.8 Å². The van der Waals surface area contributed by atoms with Gasteiger partial charge in [0.1, 0.15) is 0 Å².